The zero-order chi connectivity index (χ0) is 46.2. The number of hydrogen-bond donors (Lipinski definition) is 13. The Morgan fingerprint density at radius 1 is 0.810 bits per heavy atom. The van der Waals surface area contributed by atoms with Gasteiger partial charge in [0.1, 0.15) is 61.0 Å². The van der Waals surface area contributed by atoms with Gasteiger partial charge in [-0.2, -0.15) is 0 Å². The summed E-state index contributed by atoms with van der Waals surface area (Å²) in [5.41, 5.74) is 7.44. The number of ether oxygens (including phenoxy) is 6. The molecule has 23 heteroatoms. The van der Waals surface area contributed by atoms with Crippen LogP contribution >= 0.6 is 0 Å². The van der Waals surface area contributed by atoms with E-state index in [1.807, 2.05) is 30.3 Å². The van der Waals surface area contributed by atoms with E-state index in [4.69, 9.17) is 34.2 Å². The molecule has 0 radical (unpaired) electrons. The predicted molar refractivity (Wildman–Crippen MR) is 212 cm³/mol. The van der Waals surface area contributed by atoms with E-state index >= 15 is 0 Å². The van der Waals surface area contributed by atoms with Crippen LogP contribution in [0.2, 0.25) is 0 Å². The second kappa shape index (κ2) is 22.1. The second-order valence-corrected chi connectivity index (χ2v) is 15.3. The molecule has 3 saturated heterocycles. The summed E-state index contributed by atoms with van der Waals surface area (Å²) >= 11 is 0. The molecule has 3 amide bonds. The van der Waals surface area contributed by atoms with Crippen molar-refractivity contribution >= 4 is 23.7 Å². The van der Waals surface area contributed by atoms with E-state index < -0.39 is 147 Å². The number of carbonyl (C=O) groups is 4. The zero-order valence-electron chi connectivity index (χ0n) is 34.3. The average Bonchev–Trinajstić information content (AvgIpc) is 3.26. The van der Waals surface area contributed by atoms with Gasteiger partial charge in [0.15, 0.2) is 12.6 Å². The number of aliphatic hydroxyl groups is 8. The van der Waals surface area contributed by atoms with Gasteiger partial charge in [-0.05, 0) is 23.3 Å². The van der Waals surface area contributed by atoms with Crippen molar-refractivity contribution in [1.82, 2.24) is 16.0 Å². The van der Waals surface area contributed by atoms with Crippen molar-refractivity contribution in [3.63, 3.8) is 0 Å². The highest BCUT2D eigenvalue weighted by Gasteiger charge is 2.60. The number of carbonyl (C=O) groups excluding carboxylic acids is 3. The van der Waals surface area contributed by atoms with E-state index in [1.54, 1.807) is 12.1 Å². The molecule has 0 bridgehead atoms. The summed E-state index contributed by atoms with van der Waals surface area (Å²) in [6, 6.07) is 12.9. The summed E-state index contributed by atoms with van der Waals surface area (Å²) < 4.78 is 34.3. The van der Waals surface area contributed by atoms with Crippen LogP contribution in [0.4, 0.5) is 0 Å². The fourth-order valence-corrected chi connectivity index (χ4v) is 7.63. The van der Waals surface area contributed by atoms with E-state index in [0.29, 0.717) is 0 Å². The van der Waals surface area contributed by atoms with Gasteiger partial charge in [0, 0.05) is 38.9 Å². The van der Waals surface area contributed by atoms with Crippen molar-refractivity contribution < 1.29 is 93.6 Å². The molecular weight excluding hydrogens is 840 g/mol. The monoisotopic (exact) mass is 896 g/mol. The maximum absolute atomic E-state index is 13.1. The second-order valence-electron chi connectivity index (χ2n) is 15.3. The summed E-state index contributed by atoms with van der Waals surface area (Å²) in [6.07, 6.45) is -25.4. The number of benzene rings is 2. The van der Waals surface area contributed by atoms with Crippen LogP contribution in [0.5, 0.6) is 0 Å². The number of carboxylic acids is 1. The first-order valence-electron chi connectivity index (χ1n) is 20.1. The van der Waals surface area contributed by atoms with E-state index in [2.05, 4.69) is 16.0 Å². The van der Waals surface area contributed by atoms with Crippen molar-refractivity contribution in [3.05, 3.63) is 60.2 Å². The lowest BCUT2D eigenvalue weighted by atomic mass is 9.88. The van der Waals surface area contributed by atoms with Crippen LogP contribution in [0, 0.1) is 0 Å². The highest BCUT2D eigenvalue weighted by molar-refractivity contribution is 5.94. The molecule has 3 heterocycles. The van der Waals surface area contributed by atoms with Crippen LogP contribution in [0.1, 0.15) is 30.6 Å². The first kappa shape index (κ1) is 49.7. The van der Waals surface area contributed by atoms with E-state index in [-0.39, 0.29) is 18.7 Å². The molecular formula is C40H56N4O19. The lowest BCUT2D eigenvalue weighted by molar-refractivity contribution is -0.382. The normalized spacial score (nSPS) is 34.3. The topological polar surface area (TPSA) is 368 Å². The number of carboxylic acid groups (broad SMARTS) is 1. The first-order valence-corrected chi connectivity index (χ1v) is 20.1. The molecule has 16 atom stereocenters. The number of nitrogens with one attached hydrogen (secondary N) is 3. The molecule has 3 aliphatic heterocycles. The molecule has 0 aromatic heterocycles. The van der Waals surface area contributed by atoms with Crippen LogP contribution < -0.4 is 21.7 Å². The van der Waals surface area contributed by atoms with Gasteiger partial charge in [-0.15, -0.1) is 0 Å². The number of aliphatic carboxylic acids is 1. The molecule has 2 aromatic carbocycles. The molecule has 5 rings (SSSR count). The van der Waals surface area contributed by atoms with Crippen molar-refractivity contribution in [2.45, 2.75) is 118 Å². The highest BCUT2D eigenvalue weighted by Crippen LogP contribution is 2.38. The Labute approximate surface area is 360 Å². The average molecular weight is 897 g/mol. The van der Waals surface area contributed by atoms with Crippen molar-refractivity contribution in [2.75, 3.05) is 32.9 Å². The summed E-state index contributed by atoms with van der Waals surface area (Å²) in [6.45, 7) is -0.325. The standard InChI is InChI=1S/C40H56N4O19/c1-18(47)43-27-23(49)14-40(39(56)57,62-34(27)29(51)24(50)15-42-36(55)22-10-8-21(9-11-22)20-6-4-3-5-7-20)63-35-30(52)25(16-45)59-38(32(35)54)61-33-26(17-46)60-37(58-13-12-41)28(31(33)53)44-19(2)48/h3-11,23-35,37-38,45-46,49-54H,12-17,41H2,1-2H3,(H,42,55)(H,43,47)(H,44,48)(H,56,57)/t23-,24+,25+,26+,27+,28+,29+,30-,31+,32+,33+,34+,35-,37+,38-,40-/m0/s1. The zero-order valence-corrected chi connectivity index (χ0v) is 34.3. The molecule has 2 aromatic rings. The minimum atomic E-state index is -3.09. The van der Waals surface area contributed by atoms with Crippen molar-refractivity contribution in [3.8, 4) is 11.1 Å². The molecule has 63 heavy (non-hydrogen) atoms. The molecule has 0 aliphatic carbocycles. The van der Waals surface area contributed by atoms with Crippen molar-refractivity contribution in [2.24, 2.45) is 5.73 Å². The van der Waals surface area contributed by atoms with Crippen LogP contribution in [-0.4, -0.2) is 200 Å². The fourth-order valence-electron chi connectivity index (χ4n) is 7.63. The smallest absolute Gasteiger partial charge is 0.364 e. The summed E-state index contributed by atoms with van der Waals surface area (Å²) in [5.74, 6) is -7.13. The van der Waals surface area contributed by atoms with Gasteiger partial charge >= 0.3 is 5.97 Å². The SMILES string of the molecule is CC(=O)N[C@H]1[C@H](OCCN)O[C@H](CO)[C@@H](O[C@@H]2O[C@H](CO)[C@H](O)[C@H](O[C@]3(C(=O)O)C[C@H](O)[C@@H](NC(C)=O)[C@H]([C@H](O)[C@H](O)CNC(=O)c4ccc(-c5ccccc5)cc4)O3)[C@H]2O)[C@@H]1O. The van der Waals surface area contributed by atoms with Gasteiger partial charge in [-0.1, -0.05) is 42.5 Å². The molecule has 14 N–H and O–H groups in total. The van der Waals surface area contributed by atoms with Gasteiger partial charge in [0.25, 0.3) is 11.7 Å². The van der Waals surface area contributed by atoms with Gasteiger partial charge in [0.2, 0.25) is 11.8 Å². The Morgan fingerprint density at radius 3 is 2.00 bits per heavy atom. The molecule has 0 spiro atoms. The van der Waals surface area contributed by atoms with E-state index in [9.17, 15) is 65.1 Å². The molecule has 0 unspecified atom stereocenters. The van der Waals surface area contributed by atoms with E-state index in [0.717, 1.165) is 25.0 Å². The van der Waals surface area contributed by atoms with Gasteiger partial charge < -0.3 is 96.1 Å². The molecule has 3 aliphatic rings. The number of amides is 3. The number of rotatable bonds is 18. The third-order valence-corrected chi connectivity index (χ3v) is 10.8. The minimum absolute atomic E-state index is 0.0252. The van der Waals surface area contributed by atoms with Gasteiger partial charge in [-0.25, -0.2) is 4.79 Å². The fraction of sp³-hybridized carbons (Fsp3) is 0.600. The Kier molecular flexibility index (Phi) is 17.4. The van der Waals surface area contributed by atoms with E-state index in [1.165, 1.54) is 12.1 Å². The molecule has 23 nitrogen and oxygen atoms in total. The van der Waals surface area contributed by atoms with Gasteiger partial charge in [0.05, 0.1) is 38.1 Å². The summed E-state index contributed by atoms with van der Waals surface area (Å²) in [5, 5.41) is 106. The van der Waals surface area contributed by atoms with Crippen LogP contribution in [0.15, 0.2) is 54.6 Å². The quantitative estimate of drug-likeness (QED) is 0.0666. The summed E-state index contributed by atoms with van der Waals surface area (Å²) in [7, 11) is 0. The Hall–Kier alpha value is -4.28. The Balaban J connectivity index is 1.36. The number of nitrogens with two attached hydrogens (primary N) is 1. The minimum Gasteiger partial charge on any atom is -0.477 e. The summed E-state index contributed by atoms with van der Waals surface area (Å²) in [4.78, 5) is 50.4. The van der Waals surface area contributed by atoms with Gasteiger partial charge in [-0.3, -0.25) is 14.4 Å². The van der Waals surface area contributed by atoms with Crippen molar-refractivity contribution in [1.29, 1.82) is 0 Å². The first-order chi connectivity index (χ1) is 29.9. The number of aliphatic hydroxyl groups excluding tert-OH is 8. The van der Waals surface area contributed by atoms with Crippen LogP contribution in [0.25, 0.3) is 11.1 Å². The maximum atomic E-state index is 13.1. The third kappa shape index (κ3) is 11.7. The van der Waals surface area contributed by atoms with Crippen LogP contribution in [-0.2, 0) is 42.8 Å². The Bertz CT molecular complexity index is 1830. The Morgan fingerprint density at radius 2 is 1.41 bits per heavy atom. The van der Waals surface area contributed by atoms with Crippen LogP contribution in [0.3, 0.4) is 0 Å². The lowest BCUT2D eigenvalue weighted by Gasteiger charge is -2.51. The third-order valence-electron chi connectivity index (χ3n) is 10.8. The number of hydrogen-bond acceptors (Lipinski definition) is 19. The predicted octanol–water partition coefficient (Wildman–Crippen LogP) is -4.99. The lowest BCUT2D eigenvalue weighted by Crippen LogP contribution is -2.71. The highest BCUT2D eigenvalue weighted by atomic mass is 16.8. The molecule has 0 saturated carbocycles. The molecule has 350 valence electrons. The largest absolute Gasteiger partial charge is 0.477 e. The maximum Gasteiger partial charge on any atom is 0.364 e. The molecule has 3 fully saturated rings.